The van der Waals surface area contributed by atoms with Crippen LogP contribution in [0.1, 0.15) is 12.5 Å². The molecule has 0 saturated carbocycles. The van der Waals surface area contributed by atoms with E-state index in [-0.39, 0.29) is 23.0 Å². The first-order chi connectivity index (χ1) is 12.2. The summed E-state index contributed by atoms with van der Waals surface area (Å²) < 4.78 is 58.1. The molecule has 2 aromatic rings. The Morgan fingerprint density at radius 2 is 2.08 bits per heavy atom. The average Bonchev–Trinajstić information content (AvgIpc) is 2.57. The Morgan fingerprint density at radius 3 is 2.73 bits per heavy atom. The van der Waals surface area contributed by atoms with Gasteiger partial charge in [0, 0.05) is 12.3 Å². The number of nitrogens with zero attached hydrogens (tertiary/aromatic N) is 1. The summed E-state index contributed by atoms with van der Waals surface area (Å²) in [5.41, 5.74) is -1.39. The van der Waals surface area contributed by atoms with Crippen LogP contribution in [0, 0.1) is 5.82 Å². The lowest BCUT2D eigenvalue weighted by Crippen LogP contribution is -2.28. The van der Waals surface area contributed by atoms with E-state index in [1.54, 1.807) is 6.92 Å². The van der Waals surface area contributed by atoms with Crippen molar-refractivity contribution < 1.29 is 27.1 Å². The first kappa shape index (κ1) is 19.9. The van der Waals surface area contributed by atoms with Gasteiger partial charge in [0.15, 0.2) is 0 Å². The lowest BCUT2D eigenvalue weighted by atomic mass is 10.2. The van der Waals surface area contributed by atoms with Crippen molar-refractivity contribution in [1.82, 2.24) is 10.3 Å². The number of aromatic nitrogens is 1. The van der Waals surface area contributed by atoms with E-state index in [2.05, 4.69) is 15.6 Å². The number of hydrogen-bond acceptors (Lipinski definition) is 4. The molecule has 0 bridgehead atoms. The quantitative estimate of drug-likeness (QED) is 0.723. The van der Waals surface area contributed by atoms with Gasteiger partial charge in [0.1, 0.15) is 17.1 Å². The SMILES string of the molecule is CCNCC(=O)Nc1cc(Oc2ncccc2C(F)(F)F)c(Cl)cc1F. The smallest absolute Gasteiger partial charge is 0.421 e. The molecule has 0 atom stereocenters. The van der Waals surface area contributed by atoms with Crippen LogP contribution in [-0.4, -0.2) is 24.0 Å². The number of alkyl halides is 3. The molecule has 2 rings (SSSR count). The minimum Gasteiger partial charge on any atom is -0.437 e. The number of carbonyl (C=O) groups excluding carboxylic acids is 1. The molecule has 1 heterocycles. The van der Waals surface area contributed by atoms with Crippen LogP contribution in [0.5, 0.6) is 11.6 Å². The minimum atomic E-state index is -4.70. The first-order valence-corrected chi connectivity index (χ1v) is 7.79. The third-order valence-electron chi connectivity index (χ3n) is 3.11. The van der Waals surface area contributed by atoms with E-state index in [4.69, 9.17) is 16.3 Å². The summed E-state index contributed by atoms with van der Waals surface area (Å²) in [4.78, 5) is 15.2. The summed E-state index contributed by atoms with van der Waals surface area (Å²) in [5, 5.41) is 4.76. The van der Waals surface area contributed by atoms with Gasteiger partial charge in [-0.15, -0.1) is 0 Å². The Morgan fingerprint density at radius 1 is 1.35 bits per heavy atom. The van der Waals surface area contributed by atoms with E-state index in [0.717, 1.165) is 30.5 Å². The van der Waals surface area contributed by atoms with Gasteiger partial charge in [-0.1, -0.05) is 18.5 Å². The Labute approximate surface area is 151 Å². The monoisotopic (exact) mass is 391 g/mol. The van der Waals surface area contributed by atoms with Gasteiger partial charge in [0.25, 0.3) is 0 Å². The highest BCUT2D eigenvalue weighted by Gasteiger charge is 2.35. The number of amides is 1. The molecule has 0 fully saturated rings. The van der Waals surface area contributed by atoms with Gasteiger partial charge in [0.05, 0.1) is 17.3 Å². The maximum absolute atomic E-state index is 13.9. The molecule has 0 saturated heterocycles. The van der Waals surface area contributed by atoms with E-state index < -0.39 is 29.3 Å². The molecule has 26 heavy (non-hydrogen) atoms. The second-order valence-corrected chi connectivity index (χ2v) is 5.45. The van der Waals surface area contributed by atoms with Crippen molar-refractivity contribution in [2.75, 3.05) is 18.4 Å². The van der Waals surface area contributed by atoms with E-state index in [0.29, 0.717) is 6.54 Å². The van der Waals surface area contributed by atoms with Crippen LogP contribution < -0.4 is 15.4 Å². The Hall–Kier alpha value is -2.39. The molecule has 1 aromatic heterocycles. The molecule has 2 N–H and O–H groups in total. The van der Waals surface area contributed by atoms with Crippen LogP contribution in [0.2, 0.25) is 5.02 Å². The number of ether oxygens (including phenoxy) is 1. The molecule has 1 amide bonds. The summed E-state index contributed by atoms with van der Waals surface area (Å²) in [6.07, 6.45) is -3.58. The highest BCUT2D eigenvalue weighted by molar-refractivity contribution is 6.32. The van der Waals surface area contributed by atoms with Crippen LogP contribution >= 0.6 is 11.6 Å². The zero-order valence-electron chi connectivity index (χ0n) is 13.5. The zero-order chi connectivity index (χ0) is 19.3. The van der Waals surface area contributed by atoms with Crippen molar-refractivity contribution in [2.45, 2.75) is 13.1 Å². The number of pyridine rings is 1. The Bertz CT molecular complexity index is 800. The second-order valence-electron chi connectivity index (χ2n) is 5.05. The van der Waals surface area contributed by atoms with Crippen LogP contribution in [0.15, 0.2) is 30.5 Å². The fourth-order valence-electron chi connectivity index (χ4n) is 1.93. The van der Waals surface area contributed by atoms with Gasteiger partial charge >= 0.3 is 6.18 Å². The molecular weight excluding hydrogens is 378 g/mol. The highest BCUT2D eigenvalue weighted by Crippen LogP contribution is 2.39. The van der Waals surface area contributed by atoms with E-state index in [9.17, 15) is 22.4 Å². The summed E-state index contributed by atoms with van der Waals surface area (Å²) in [5.74, 6) is -2.41. The van der Waals surface area contributed by atoms with Crippen LogP contribution in [0.4, 0.5) is 23.2 Å². The fraction of sp³-hybridized carbons (Fsp3) is 0.250. The van der Waals surface area contributed by atoms with E-state index in [1.165, 1.54) is 0 Å². The van der Waals surface area contributed by atoms with Crippen molar-refractivity contribution in [3.8, 4) is 11.6 Å². The molecule has 0 aliphatic carbocycles. The lowest BCUT2D eigenvalue weighted by molar-refractivity contribution is -0.138. The zero-order valence-corrected chi connectivity index (χ0v) is 14.2. The standard InChI is InChI=1S/C16H14ClF4N3O2/c1-2-22-8-14(25)24-12-7-13(10(17)6-11(12)18)26-15-9(16(19,20)21)4-3-5-23-15/h3-7,22H,2,8H2,1H3,(H,24,25). The molecule has 0 radical (unpaired) electrons. The largest absolute Gasteiger partial charge is 0.437 e. The third-order valence-corrected chi connectivity index (χ3v) is 3.41. The third kappa shape index (κ3) is 5.06. The van der Waals surface area contributed by atoms with Gasteiger partial charge in [-0.3, -0.25) is 4.79 Å². The van der Waals surface area contributed by atoms with Crippen molar-refractivity contribution in [3.05, 3.63) is 46.9 Å². The van der Waals surface area contributed by atoms with Gasteiger partial charge in [-0.25, -0.2) is 9.37 Å². The average molecular weight is 392 g/mol. The van der Waals surface area contributed by atoms with E-state index in [1.807, 2.05) is 0 Å². The Balaban J connectivity index is 2.31. The topological polar surface area (TPSA) is 63.2 Å². The van der Waals surface area contributed by atoms with Crippen molar-refractivity contribution >= 4 is 23.2 Å². The number of nitrogens with one attached hydrogen (secondary N) is 2. The minimum absolute atomic E-state index is 0.0623. The number of halogens is 5. The number of carbonyl (C=O) groups is 1. The summed E-state index contributed by atoms with van der Waals surface area (Å²) in [6, 6.07) is 3.72. The normalized spacial score (nSPS) is 11.3. The number of anilines is 1. The molecule has 1 aromatic carbocycles. The molecule has 10 heteroatoms. The molecular formula is C16H14ClF4N3O2. The number of rotatable bonds is 6. The first-order valence-electron chi connectivity index (χ1n) is 7.42. The van der Waals surface area contributed by atoms with Gasteiger partial charge in [-0.2, -0.15) is 13.2 Å². The highest BCUT2D eigenvalue weighted by atomic mass is 35.5. The predicted octanol–water partition coefficient (Wildman–Crippen LogP) is 4.23. The van der Waals surface area contributed by atoms with Crippen molar-refractivity contribution in [2.24, 2.45) is 0 Å². The van der Waals surface area contributed by atoms with E-state index >= 15 is 0 Å². The lowest BCUT2D eigenvalue weighted by Gasteiger charge is -2.14. The molecule has 0 spiro atoms. The molecule has 0 aliphatic heterocycles. The van der Waals surface area contributed by atoms with Crippen molar-refractivity contribution in [1.29, 1.82) is 0 Å². The molecule has 0 unspecified atom stereocenters. The van der Waals surface area contributed by atoms with Gasteiger partial charge in [0.2, 0.25) is 11.8 Å². The molecule has 5 nitrogen and oxygen atoms in total. The van der Waals surface area contributed by atoms with Gasteiger partial charge < -0.3 is 15.4 Å². The fourth-order valence-corrected chi connectivity index (χ4v) is 2.12. The number of hydrogen-bond donors (Lipinski definition) is 2. The molecule has 140 valence electrons. The van der Waals surface area contributed by atoms with Gasteiger partial charge in [-0.05, 0) is 24.7 Å². The molecule has 0 aliphatic rings. The maximum Gasteiger partial charge on any atom is 0.421 e. The summed E-state index contributed by atoms with van der Waals surface area (Å²) >= 11 is 5.84. The number of likely N-dealkylation sites (N-methyl/N-ethyl adjacent to an activating group) is 1. The maximum atomic E-state index is 13.9. The Kier molecular flexibility index (Phi) is 6.38. The van der Waals surface area contributed by atoms with Crippen LogP contribution in [0.25, 0.3) is 0 Å². The summed E-state index contributed by atoms with van der Waals surface area (Å²) in [6.45, 7) is 2.26. The second kappa shape index (κ2) is 8.33. The summed E-state index contributed by atoms with van der Waals surface area (Å²) in [7, 11) is 0. The van der Waals surface area contributed by atoms with Crippen LogP contribution in [0.3, 0.4) is 0 Å². The number of benzene rings is 1. The predicted molar refractivity (Wildman–Crippen MR) is 87.9 cm³/mol. The van der Waals surface area contributed by atoms with Crippen molar-refractivity contribution in [3.63, 3.8) is 0 Å². The van der Waals surface area contributed by atoms with Crippen LogP contribution in [-0.2, 0) is 11.0 Å².